The standard InChI is InChI=1S/C19H15BrO2/c20-14-15-11-12-18(21-16-7-3-1-4-8-16)19(13-15)22-17-9-5-2-6-10-17/h1-13H,14H2. The first kappa shape index (κ1) is 14.7. The molecule has 0 heterocycles. The molecule has 0 spiro atoms. The summed E-state index contributed by atoms with van der Waals surface area (Å²) < 4.78 is 11.9. The molecule has 3 heteroatoms. The van der Waals surface area contributed by atoms with Crippen molar-refractivity contribution in [3.8, 4) is 23.0 Å². The maximum absolute atomic E-state index is 5.98. The lowest BCUT2D eigenvalue weighted by Crippen LogP contribution is -1.92. The van der Waals surface area contributed by atoms with Crippen LogP contribution in [-0.2, 0) is 5.33 Å². The van der Waals surface area contributed by atoms with Gasteiger partial charge in [-0.2, -0.15) is 0 Å². The molecule has 0 aliphatic rings. The van der Waals surface area contributed by atoms with Crippen molar-refractivity contribution in [2.45, 2.75) is 5.33 Å². The molecule has 0 amide bonds. The van der Waals surface area contributed by atoms with E-state index in [-0.39, 0.29) is 0 Å². The van der Waals surface area contributed by atoms with Gasteiger partial charge in [0.05, 0.1) is 0 Å². The van der Waals surface area contributed by atoms with Gasteiger partial charge in [-0.1, -0.05) is 58.4 Å². The molecule has 0 radical (unpaired) electrons. The number of para-hydroxylation sites is 2. The zero-order valence-corrected chi connectivity index (χ0v) is 13.5. The van der Waals surface area contributed by atoms with Gasteiger partial charge < -0.3 is 9.47 Å². The van der Waals surface area contributed by atoms with Gasteiger partial charge in [-0.05, 0) is 42.0 Å². The van der Waals surface area contributed by atoms with Crippen LogP contribution in [0.5, 0.6) is 23.0 Å². The van der Waals surface area contributed by atoms with E-state index in [1.807, 2.05) is 78.9 Å². The Hall–Kier alpha value is -2.26. The van der Waals surface area contributed by atoms with Crippen LogP contribution in [-0.4, -0.2) is 0 Å². The largest absolute Gasteiger partial charge is 0.453 e. The molecule has 22 heavy (non-hydrogen) atoms. The Morgan fingerprint density at radius 1 is 0.636 bits per heavy atom. The van der Waals surface area contributed by atoms with E-state index in [4.69, 9.17) is 9.47 Å². The Morgan fingerprint density at radius 3 is 1.73 bits per heavy atom. The highest BCUT2D eigenvalue weighted by atomic mass is 79.9. The van der Waals surface area contributed by atoms with Gasteiger partial charge in [0.25, 0.3) is 0 Å². The van der Waals surface area contributed by atoms with Gasteiger partial charge in [-0.3, -0.25) is 0 Å². The van der Waals surface area contributed by atoms with Crippen LogP contribution >= 0.6 is 15.9 Å². The highest BCUT2D eigenvalue weighted by molar-refractivity contribution is 9.08. The van der Waals surface area contributed by atoms with Crippen LogP contribution < -0.4 is 9.47 Å². The van der Waals surface area contributed by atoms with Crippen LogP contribution in [0.2, 0.25) is 0 Å². The summed E-state index contributed by atoms with van der Waals surface area (Å²) in [4.78, 5) is 0. The maximum atomic E-state index is 5.98. The summed E-state index contributed by atoms with van der Waals surface area (Å²) in [6, 6.07) is 25.3. The van der Waals surface area contributed by atoms with E-state index in [0.717, 1.165) is 22.4 Å². The van der Waals surface area contributed by atoms with Gasteiger partial charge in [0.2, 0.25) is 0 Å². The second-order valence-electron chi connectivity index (χ2n) is 4.74. The minimum absolute atomic E-state index is 0.694. The lowest BCUT2D eigenvalue weighted by molar-refractivity contribution is 0.418. The minimum Gasteiger partial charge on any atom is -0.453 e. The monoisotopic (exact) mass is 354 g/mol. The fourth-order valence-corrected chi connectivity index (χ4v) is 2.38. The first-order chi connectivity index (χ1) is 10.8. The molecule has 3 aromatic rings. The highest BCUT2D eigenvalue weighted by Gasteiger charge is 2.09. The number of benzene rings is 3. The molecule has 2 nitrogen and oxygen atoms in total. The lowest BCUT2D eigenvalue weighted by atomic mass is 10.2. The second-order valence-corrected chi connectivity index (χ2v) is 5.31. The topological polar surface area (TPSA) is 18.5 Å². The number of rotatable bonds is 5. The third-order valence-corrected chi connectivity index (χ3v) is 3.75. The highest BCUT2D eigenvalue weighted by Crippen LogP contribution is 2.35. The van der Waals surface area contributed by atoms with Crippen LogP contribution in [0.4, 0.5) is 0 Å². The predicted molar refractivity (Wildman–Crippen MR) is 92.1 cm³/mol. The molecule has 0 atom stereocenters. The fourth-order valence-electron chi connectivity index (χ4n) is 2.03. The molecular weight excluding hydrogens is 340 g/mol. The quantitative estimate of drug-likeness (QED) is 0.510. The minimum atomic E-state index is 0.694. The van der Waals surface area contributed by atoms with Crippen molar-refractivity contribution in [3.63, 3.8) is 0 Å². The van der Waals surface area contributed by atoms with Gasteiger partial charge in [0.15, 0.2) is 11.5 Å². The van der Waals surface area contributed by atoms with Crippen molar-refractivity contribution in [3.05, 3.63) is 84.4 Å². The molecular formula is C19H15BrO2. The predicted octanol–water partition coefficient (Wildman–Crippen LogP) is 6.17. The Bertz CT molecular complexity index is 727. The SMILES string of the molecule is BrCc1ccc(Oc2ccccc2)c(Oc2ccccc2)c1. The van der Waals surface area contributed by atoms with E-state index in [1.54, 1.807) is 0 Å². The summed E-state index contributed by atoms with van der Waals surface area (Å²) in [7, 11) is 0. The zero-order chi connectivity index (χ0) is 15.2. The summed E-state index contributed by atoms with van der Waals surface area (Å²) in [5, 5.41) is 0.768. The van der Waals surface area contributed by atoms with E-state index in [9.17, 15) is 0 Å². The van der Waals surface area contributed by atoms with Crippen molar-refractivity contribution in [1.82, 2.24) is 0 Å². The summed E-state index contributed by atoms with van der Waals surface area (Å²) in [6.07, 6.45) is 0. The molecule has 0 unspecified atom stereocenters. The first-order valence-electron chi connectivity index (χ1n) is 7.00. The molecule has 0 fully saturated rings. The molecule has 0 N–H and O–H groups in total. The normalized spacial score (nSPS) is 10.2. The van der Waals surface area contributed by atoms with E-state index in [1.165, 1.54) is 0 Å². The van der Waals surface area contributed by atoms with Gasteiger partial charge >= 0.3 is 0 Å². The third-order valence-electron chi connectivity index (χ3n) is 3.10. The van der Waals surface area contributed by atoms with Crippen LogP contribution in [0.1, 0.15) is 5.56 Å². The molecule has 0 aliphatic heterocycles. The average molecular weight is 355 g/mol. The van der Waals surface area contributed by atoms with E-state index in [0.29, 0.717) is 11.5 Å². The van der Waals surface area contributed by atoms with Gasteiger partial charge in [-0.25, -0.2) is 0 Å². The first-order valence-corrected chi connectivity index (χ1v) is 8.12. The van der Waals surface area contributed by atoms with Crippen LogP contribution in [0, 0.1) is 0 Å². The Labute approximate surface area is 138 Å². The summed E-state index contributed by atoms with van der Waals surface area (Å²) >= 11 is 3.47. The van der Waals surface area contributed by atoms with Crippen LogP contribution in [0.25, 0.3) is 0 Å². The molecule has 0 bridgehead atoms. The van der Waals surface area contributed by atoms with E-state index >= 15 is 0 Å². The van der Waals surface area contributed by atoms with E-state index < -0.39 is 0 Å². The smallest absolute Gasteiger partial charge is 0.170 e. The van der Waals surface area contributed by atoms with Crippen molar-refractivity contribution in [2.24, 2.45) is 0 Å². The number of hydrogen-bond acceptors (Lipinski definition) is 2. The summed E-state index contributed by atoms with van der Waals surface area (Å²) in [5.41, 5.74) is 1.13. The Morgan fingerprint density at radius 2 is 1.18 bits per heavy atom. The number of ether oxygens (including phenoxy) is 2. The van der Waals surface area contributed by atoms with Crippen molar-refractivity contribution < 1.29 is 9.47 Å². The molecule has 3 rings (SSSR count). The average Bonchev–Trinajstić information content (AvgIpc) is 2.58. The van der Waals surface area contributed by atoms with Crippen molar-refractivity contribution in [1.29, 1.82) is 0 Å². The molecule has 0 saturated heterocycles. The Kier molecular flexibility index (Phi) is 4.76. The molecule has 0 saturated carbocycles. The van der Waals surface area contributed by atoms with Crippen LogP contribution in [0.3, 0.4) is 0 Å². The van der Waals surface area contributed by atoms with Gasteiger partial charge in [0.1, 0.15) is 11.5 Å². The maximum Gasteiger partial charge on any atom is 0.170 e. The van der Waals surface area contributed by atoms with Gasteiger partial charge in [0, 0.05) is 5.33 Å². The fraction of sp³-hybridized carbons (Fsp3) is 0.0526. The zero-order valence-electron chi connectivity index (χ0n) is 11.9. The van der Waals surface area contributed by atoms with Crippen molar-refractivity contribution >= 4 is 15.9 Å². The summed E-state index contributed by atoms with van der Waals surface area (Å²) in [6.45, 7) is 0. The molecule has 0 aliphatic carbocycles. The van der Waals surface area contributed by atoms with Crippen molar-refractivity contribution in [2.75, 3.05) is 0 Å². The Balaban J connectivity index is 1.91. The van der Waals surface area contributed by atoms with Gasteiger partial charge in [-0.15, -0.1) is 0 Å². The number of alkyl halides is 1. The van der Waals surface area contributed by atoms with E-state index in [2.05, 4.69) is 15.9 Å². The lowest BCUT2D eigenvalue weighted by Gasteiger charge is -2.13. The summed E-state index contributed by atoms with van der Waals surface area (Å²) in [5.74, 6) is 2.96. The van der Waals surface area contributed by atoms with Crippen LogP contribution in [0.15, 0.2) is 78.9 Å². The number of halogens is 1. The molecule has 0 aromatic heterocycles. The number of hydrogen-bond donors (Lipinski definition) is 0. The third kappa shape index (κ3) is 3.68. The second kappa shape index (κ2) is 7.14. The molecule has 110 valence electrons. The molecule has 3 aromatic carbocycles.